The molecule has 33 heavy (non-hydrogen) atoms. The van der Waals surface area contributed by atoms with Gasteiger partial charge < -0.3 is 20.3 Å². The SMILES string of the molecule is c1cc(-c2nc(N3CCNCC3)c3c(C4CC4)cncc3n2)cc(N[C@@H]2C[C@H]3CC[C@@H]2O3)n1. The van der Waals surface area contributed by atoms with Crippen LogP contribution in [0.2, 0.25) is 0 Å². The van der Waals surface area contributed by atoms with Gasteiger partial charge in [-0.25, -0.2) is 15.0 Å². The van der Waals surface area contributed by atoms with Crippen molar-refractivity contribution in [2.75, 3.05) is 36.4 Å². The van der Waals surface area contributed by atoms with E-state index in [-0.39, 0.29) is 0 Å². The highest BCUT2D eigenvalue weighted by Crippen LogP contribution is 2.45. The summed E-state index contributed by atoms with van der Waals surface area (Å²) in [4.78, 5) is 21.7. The number of nitrogens with zero attached hydrogens (tertiary/aromatic N) is 5. The second kappa shape index (κ2) is 7.88. The number of anilines is 2. The first-order chi connectivity index (χ1) is 16.3. The molecule has 3 aromatic rings. The van der Waals surface area contributed by atoms with Gasteiger partial charge in [-0.15, -0.1) is 0 Å². The molecule has 2 N–H and O–H groups in total. The third-order valence-corrected chi connectivity index (χ3v) is 7.51. The quantitative estimate of drug-likeness (QED) is 0.622. The maximum absolute atomic E-state index is 6.01. The molecule has 8 nitrogen and oxygen atoms in total. The molecule has 0 amide bonds. The summed E-state index contributed by atoms with van der Waals surface area (Å²) < 4.78 is 6.01. The number of piperazine rings is 1. The smallest absolute Gasteiger partial charge is 0.162 e. The van der Waals surface area contributed by atoms with Crippen LogP contribution >= 0.6 is 0 Å². The zero-order valence-corrected chi connectivity index (χ0v) is 18.7. The molecular formula is C25H29N7O. The fourth-order valence-corrected chi connectivity index (χ4v) is 5.66. The summed E-state index contributed by atoms with van der Waals surface area (Å²) in [6.45, 7) is 3.84. The van der Waals surface area contributed by atoms with Gasteiger partial charge in [-0.1, -0.05) is 0 Å². The second-order valence-corrected chi connectivity index (χ2v) is 9.80. The summed E-state index contributed by atoms with van der Waals surface area (Å²) in [5.74, 6) is 3.25. The Morgan fingerprint density at radius 2 is 1.97 bits per heavy atom. The van der Waals surface area contributed by atoms with E-state index in [9.17, 15) is 0 Å². The van der Waals surface area contributed by atoms with Gasteiger partial charge in [-0.05, 0) is 55.7 Å². The molecule has 3 saturated heterocycles. The van der Waals surface area contributed by atoms with E-state index >= 15 is 0 Å². The lowest BCUT2D eigenvalue weighted by Gasteiger charge is -2.30. The van der Waals surface area contributed by atoms with Crippen molar-refractivity contribution >= 4 is 22.5 Å². The number of nitrogens with one attached hydrogen (secondary N) is 2. The van der Waals surface area contributed by atoms with Gasteiger partial charge in [-0.3, -0.25) is 4.98 Å². The average molecular weight is 444 g/mol. The standard InChI is InChI=1S/C25H29N7O/c1-2-15(1)18-13-27-14-20-23(18)25(32-9-7-26-8-10-32)31-24(30-20)16-5-6-28-22(11-16)29-19-12-17-3-4-21(19)33-17/h5-6,11,13-15,17,19,21,26H,1-4,7-10,12H2,(H,28,29)/t17-,19-,21+/m1/s1. The molecule has 3 aliphatic heterocycles. The van der Waals surface area contributed by atoms with Gasteiger partial charge in [0.25, 0.3) is 0 Å². The zero-order chi connectivity index (χ0) is 21.8. The molecule has 0 aromatic carbocycles. The van der Waals surface area contributed by atoms with Gasteiger partial charge in [0.15, 0.2) is 5.82 Å². The predicted molar refractivity (Wildman–Crippen MR) is 128 cm³/mol. The molecule has 6 heterocycles. The Morgan fingerprint density at radius 3 is 2.76 bits per heavy atom. The molecule has 4 fully saturated rings. The van der Waals surface area contributed by atoms with E-state index < -0.39 is 0 Å². The molecular weight excluding hydrogens is 414 g/mol. The molecule has 2 bridgehead atoms. The topological polar surface area (TPSA) is 88.1 Å². The minimum atomic E-state index is 0.309. The number of hydrogen-bond acceptors (Lipinski definition) is 8. The van der Waals surface area contributed by atoms with Gasteiger partial charge >= 0.3 is 0 Å². The highest BCUT2D eigenvalue weighted by Gasteiger charge is 2.40. The van der Waals surface area contributed by atoms with Crippen molar-refractivity contribution < 1.29 is 4.74 Å². The fourth-order valence-electron chi connectivity index (χ4n) is 5.66. The number of aromatic nitrogens is 4. The van der Waals surface area contributed by atoms with Crippen molar-refractivity contribution in [3.63, 3.8) is 0 Å². The lowest BCUT2D eigenvalue weighted by atomic mass is 9.95. The fraction of sp³-hybridized carbons (Fsp3) is 0.520. The summed E-state index contributed by atoms with van der Waals surface area (Å²) in [6.07, 6.45) is 12.3. The maximum Gasteiger partial charge on any atom is 0.162 e. The average Bonchev–Trinajstić information content (AvgIpc) is 3.51. The maximum atomic E-state index is 6.01. The van der Waals surface area contributed by atoms with Crippen LogP contribution in [0.1, 0.15) is 43.6 Å². The summed E-state index contributed by atoms with van der Waals surface area (Å²) in [5.41, 5.74) is 3.22. The second-order valence-electron chi connectivity index (χ2n) is 9.80. The lowest BCUT2D eigenvalue weighted by molar-refractivity contribution is 0.102. The summed E-state index contributed by atoms with van der Waals surface area (Å²) in [6, 6.07) is 4.42. The molecule has 3 atom stereocenters. The molecule has 0 unspecified atom stereocenters. The van der Waals surface area contributed by atoms with Crippen LogP contribution in [0.15, 0.2) is 30.7 Å². The monoisotopic (exact) mass is 443 g/mol. The molecule has 0 spiro atoms. The molecule has 8 heteroatoms. The summed E-state index contributed by atoms with van der Waals surface area (Å²) in [5, 5.41) is 8.25. The van der Waals surface area contributed by atoms with Crippen molar-refractivity contribution in [1.82, 2.24) is 25.3 Å². The van der Waals surface area contributed by atoms with E-state index in [1.54, 1.807) is 0 Å². The van der Waals surface area contributed by atoms with Crippen LogP contribution in [0.3, 0.4) is 0 Å². The lowest BCUT2D eigenvalue weighted by Crippen LogP contribution is -2.44. The van der Waals surface area contributed by atoms with Crippen LogP contribution in [-0.2, 0) is 4.74 Å². The zero-order valence-electron chi connectivity index (χ0n) is 18.7. The Kier molecular flexibility index (Phi) is 4.69. The largest absolute Gasteiger partial charge is 0.373 e. The van der Waals surface area contributed by atoms with Gasteiger partial charge in [0, 0.05) is 49.5 Å². The van der Waals surface area contributed by atoms with E-state index in [1.807, 2.05) is 24.7 Å². The van der Waals surface area contributed by atoms with Crippen LogP contribution in [-0.4, -0.2) is 64.4 Å². The third-order valence-electron chi connectivity index (χ3n) is 7.51. The highest BCUT2D eigenvalue weighted by molar-refractivity contribution is 5.94. The number of ether oxygens (including phenoxy) is 1. The Labute approximate surface area is 193 Å². The normalized spacial score (nSPS) is 26.8. The van der Waals surface area contributed by atoms with Gasteiger partial charge in [0.05, 0.1) is 30.0 Å². The number of hydrogen-bond donors (Lipinski definition) is 2. The van der Waals surface area contributed by atoms with Crippen LogP contribution in [0.4, 0.5) is 11.6 Å². The van der Waals surface area contributed by atoms with Crippen LogP contribution in [0.5, 0.6) is 0 Å². The predicted octanol–water partition coefficient (Wildman–Crippen LogP) is 3.11. The Morgan fingerprint density at radius 1 is 1.06 bits per heavy atom. The van der Waals surface area contributed by atoms with Crippen molar-refractivity contribution in [3.8, 4) is 11.4 Å². The van der Waals surface area contributed by atoms with Gasteiger partial charge in [0.2, 0.25) is 0 Å². The number of fused-ring (bicyclic) bond motifs is 3. The number of pyridine rings is 2. The number of rotatable bonds is 5. The van der Waals surface area contributed by atoms with E-state index in [1.165, 1.54) is 30.2 Å². The van der Waals surface area contributed by atoms with E-state index in [0.29, 0.717) is 24.2 Å². The first kappa shape index (κ1) is 19.6. The van der Waals surface area contributed by atoms with Crippen LogP contribution in [0.25, 0.3) is 22.3 Å². The minimum absolute atomic E-state index is 0.309. The molecule has 1 aliphatic carbocycles. The summed E-state index contributed by atoms with van der Waals surface area (Å²) >= 11 is 0. The Hall–Kier alpha value is -2.84. The Bertz CT molecular complexity index is 1190. The first-order valence-electron chi connectivity index (χ1n) is 12.3. The van der Waals surface area contributed by atoms with Crippen LogP contribution < -0.4 is 15.5 Å². The minimum Gasteiger partial charge on any atom is -0.373 e. The van der Waals surface area contributed by atoms with Crippen molar-refractivity contribution in [3.05, 3.63) is 36.3 Å². The van der Waals surface area contributed by atoms with Gasteiger partial charge in [-0.2, -0.15) is 0 Å². The first-order valence-corrected chi connectivity index (χ1v) is 12.3. The molecule has 3 aromatic heterocycles. The van der Waals surface area contributed by atoms with E-state index in [2.05, 4.69) is 31.6 Å². The van der Waals surface area contributed by atoms with Crippen molar-refractivity contribution in [2.24, 2.45) is 0 Å². The molecule has 1 saturated carbocycles. The molecule has 4 aliphatic rings. The van der Waals surface area contributed by atoms with Gasteiger partial charge in [0.1, 0.15) is 11.6 Å². The third kappa shape index (κ3) is 3.61. The molecule has 170 valence electrons. The van der Waals surface area contributed by atoms with Crippen LogP contribution in [0, 0.1) is 0 Å². The van der Waals surface area contributed by atoms with E-state index in [4.69, 9.17) is 14.7 Å². The molecule has 0 radical (unpaired) electrons. The van der Waals surface area contributed by atoms with E-state index in [0.717, 1.165) is 67.6 Å². The summed E-state index contributed by atoms with van der Waals surface area (Å²) in [7, 11) is 0. The molecule has 7 rings (SSSR count). The highest BCUT2D eigenvalue weighted by atomic mass is 16.5. The Balaban J connectivity index is 1.28. The van der Waals surface area contributed by atoms with Crippen molar-refractivity contribution in [1.29, 1.82) is 0 Å². The van der Waals surface area contributed by atoms with Crippen molar-refractivity contribution in [2.45, 2.75) is 56.3 Å².